The molecule has 0 atom stereocenters. The zero-order valence-electron chi connectivity index (χ0n) is 8.12. The Hall–Kier alpha value is -1.32. The summed E-state index contributed by atoms with van der Waals surface area (Å²) in [6, 6.07) is 1.86. The van der Waals surface area contributed by atoms with Crippen LogP contribution in [0.4, 0.5) is 0 Å². The topological polar surface area (TPSA) is 57.8 Å². The molecule has 76 valence electrons. The lowest BCUT2D eigenvalue weighted by Gasteiger charge is -2.24. The van der Waals surface area contributed by atoms with Crippen molar-refractivity contribution in [2.45, 2.75) is 32.2 Å². The fourth-order valence-electron chi connectivity index (χ4n) is 1.61. The molecule has 1 aliphatic rings. The SMILES string of the molecule is O=C(CC1CCC1)NCc1ccn[nH]1. The van der Waals surface area contributed by atoms with Crippen LogP contribution in [0.1, 0.15) is 31.4 Å². The van der Waals surface area contributed by atoms with Gasteiger partial charge >= 0.3 is 0 Å². The lowest BCUT2D eigenvalue weighted by atomic mass is 9.83. The van der Waals surface area contributed by atoms with Gasteiger partial charge in [-0.25, -0.2) is 0 Å². The molecule has 1 saturated carbocycles. The summed E-state index contributed by atoms with van der Waals surface area (Å²) in [7, 11) is 0. The van der Waals surface area contributed by atoms with Gasteiger partial charge in [-0.3, -0.25) is 9.89 Å². The van der Waals surface area contributed by atoms with Crippen LogP contribution in [0, 0.1) is 5.92 Å². The quantitative estimate of drug-likeness (QED) is 0.755. The van der Waals surface area contributed by atoms with E-state index in [2.05, 4.69) is 15.5 Å². The number of carbonyl (C=O) groups excluding carboxylic acids is 1. The Morgan fingerprint density at radius 2 is 2.50 bits per heavy atom. The Labute approximate surface area is 83.1 Å². The van der Waals surface area contributed by atoms with E-state index in [1.807, 2.05) is 6.07 Å². The third-order valence-corrected chi connectivity index (χ3v) is 2.73. The van der Waals surface area contributed by atoms with Crippen LogP contribution in [-0.2, 0) is 11.3 Å². The van der Waals surface area contributed by atoms with E-state index < -0.39 is 0 Å². The van der Waals surface area contributed by atoms with Crippen molar-refractivity contribution >= 4 is 5.91 Å². The van der Waals surface area contributed by atoms with Crippen LogP contribution in [-0.4, -0.2) is 16.1 Å². The molecule has 0 aromatic carbocycles. The van der Waals surface area contributed by atoms with E-state index in [1.54, 1.807) is 6.20 Å². The van der Waals surface area contributed by atoms with E-state index in [1.165, 1.54) is 19.3 Å². The smallest absolute Gasteiger partial charge is 0.220 e. The molecule has 0 unspecified atom stereocenters. The summed E-state index contributed by atoms with van der Waals surface area (Å²) in [5, 5.41) is 9.50. The van der Waals surface area contributed by atoms with E-state index in [-0.39, 0.29) is 5.91 Å². The molecular weight excluding hydrogens is 178 g/mol. The summed E-state index contributed by atoms with van der Waals surface area (Å²) in [6.07, 6.45) is 6.11. The zero-order valence-corrected chi connectivity index (χ0v) is 8.12. The number of aromatic nitrogens is 2. The first-order valence-electron chi connectivity index (χ1n) is 5.09. The van der Waals surface area contributed by atoms with E-state index in [9.17, 15) is 4.79 Å². The highest BCUT2D eigenvalue weighted by Crippen LogP contribution is 2.28. The molecule has 14 heavy (non-hydrogen) atoms. The first-order chi connectivity index (χ1) is 6.84. The van der Waals surface area contributed by atoms with Gasteiger partial charge in [0, 0.05) is 12.6 Å². The van der Waals surface area contributed by atoms with Gasteiger partial charge in [0.05, 0.1) is 12.2 Å². The minimum absolute atomic E-state index is 0.157. The predicted molar refractivity (Wildman–Crippen MR) is 52.4 cm³/mol. The van der Waals surface area contributed by atoms with E-state index in [0.29, 0.717) is 18.9 Å². The predicted octanol–water partition coefficient (Wildman–Crippen LogP) is 1.22. The van der Waals surface area contributed by atoms with Crippen LogP contribution in [0.5, 0.6) is 0 Å². The van der Waals surface area contributed by atoms with Crippen molar-refractivity contribution in [1.82, 2.24) is 15.5 Å². The molecule has 0 bridgehead atoms. The van der Waals surface area contributed by atoms with Crippen molar-refractivity contribution in [3.8, 4) is 0 Å². The van der Waals surface area contributed by atoms with Gasteiger partial charge < -0.3 is 5.32 Å². The zero-order chi connectivity index (χ0) is 9.80. The number of H-pyrrole nitrogens is 1. The molecule has 1 heterocycles. The van der Waals surface area contributed by atoms with Crippen molar-refractivity contribution in [2.75, 3.05) is 0 Å². The monoisotopic (exact) mass is 193 g/mol. The number of amides is 1. The molecule has 1 fully saturated rings. The highest BCUT2D eigenvalue weighted by molar-refractivity contribution is 5.76. The van der Waals surface area contributed by atoms with Crippen molar-refractivity contribution in [3.05, 3.63) is 18.0 Å². The summed E-state index contributed by atoms with van der Waals surface area (Å²) in [4.78, 5) is 11.4. The number of rotatable bonds is 4. The maximum Gasteiger partial charge on any atom is 0.220 e. The fraction of sp³-hybridized carbons (Fsp3) is 0.600. The molecule has 1 amide bonds. The second kappa shape index (κ2) is 4.26. The maximum atomic E-state index is 11.4. The van der Waals surface area contributed by atoms with Gasteiger partial charge in [0.15, 0.2) is 0 Å². The molecule has 0 saturated heterocycles. The average molecular weight is 193 g/mol. The number of carbonyl (C=O) groups is 1. The molecule has 4 nitrogen and oxygen atoms in total. The van der Waals surface area contributed by atoms with Crippen molar-refractivity contribution in [3.63, 3.8) is 0 Å². The van der Waals surface area contributed by atoms with Gasteiger partial charge in [-0.2, -0.15) is 5.10 Å². The van der Waals surface area contributed by atoms with Crippen LogP contribution >= 0.6 is 0 Å². The maximum absolute atomic E-state index is 11.4. The highest BCUT2D eigenvalue weighted by Gasteiger charge is 2.20. The lowest BCUT2D eigenvalue weighted by Crippen LogP contribution is -2.27. The molecule has 2 N–H and O–H groups in total. The van der Waals surface area contributed by atoms with Gasteiger partial charge in [0.2, 0.25) is 5.91 Å². The number of aromatic amines is 1. The normalized spacial score (nSPS) is 16.3. The summed E-state index contributed by atoms with van der Waals surface area (Å²) in [5.74, 6) is 0.793. The number of nitrogens with zero attached hydrogens (tertiary/aromatic N) is 1. The summed E-state index contributed by atoms with van der Waals surface area (Å²) >= 11 is 0. The Morgan fingerprint density at radius 1 is 1.64 bits per heavy atom. The van der Waals surface area contributed by atoms with Crippen LogP contribution in [0.15, 0.2) is 12.3 Å². The van der Waals surface area contributed by atoms with Crippen molar-refractivity contribution in [2.24, 2.45) is 5.92 Å². The van der Waals surface area contributed by atoms with Gasteiger partial charge in [-0.15, -0.1) is 0 Å². The van der Waals surface area contributed by atoms with Gasteiger partial charge in [0.25, 0.3) is 0 Å². The second-order valence-corrected chi connectivity index (χ2v) is 3.86. The third-order valence-electron chi connectivity index (χ3n) is 2.73. The molecule has 0 aliphatic heterocycles. The number of hydrogen-bond donors (Lipinski definition) is 2. The summed E-state index contributed by atoms with van der Waals surface area (Å²) < 4.78 is 0. The van der Waals surface area contributed by atoms with Crippen LogP contribution in [0.3, 0.4) is 0 Å². The highest BCUT2D eigenvalue weighted by atomic mass is 16.1. The number of hydrogen-bond acceptors (Lipinski definition) is 2. The molecule has 1 aromatic rings. The Bertz CT molecular complexity index is 290. The standard InChI is InChI=1S/C10H15N3O/c14-10(6-8-2-1-3-8)11-7-9-4-5-12-13-9/h4-5,8H,1-3,6-7H2,(H,11,14)(H,12,13). The first-order valence-corrected chi connectivity index (χ1v) is 5.09. The number of nitrogens with one attached hydrogen (secondary N) is 2. The first kappa shape index (κ1) is 9.24. The van der Waals surface area contributed by atoms with Crippen molar-refractivity contribution in [1.29, 1.82) is 0 Å². The fourth-order valence-corrected chi connectivity index (χ4v) is 1.61. The minimum atomic E-state index is 0.157. The summed E-state index contributed by atoms with van der Waals surface area (Å²) in [5.41, 5.74) is 0.951. The van der Waals surface area contributed by atoms with E-state index in [0.717, 1.165) is 5.69 Å². The molecule has 0 spiro atoms. The van der Waals surface area contributed by atoms with Gasteiger partial charge in [0.1, 0.15) is 0 Å². The van der Waals surface area contributed by atoms with Crippen molar-refractivity contribution < 1.29 is 4.79 Å². The van der Waals surface area contributed by atoms with Gasteiger partial charge in [-0.05, 0) is 24.8 Å². The Morgan fingerprint density at radius 3 is 3.07 bits per heavy atom. The molecule has 4 heteroatoms. The molecule has 1 aliphatic carbocycles. The lowest BCUT2D eigenvalue weighted by molar-refractivity contribution is -0.122. The largest absolute Gasteiger partial charge is 0.350 e. The van der Waals surface area contributed by atoms with Crippen LogP contribution in [0.2, 0.25) is 0 Å². The van der Waals surface area contributed by atoms with E-state index in [4.69, 9.17) is 0 Å². The molecular formula is C10H15N3O. The minimum Gasteiger partial charge on any atom is -0.350 e. The second-order valence-electron chi connectivity index (χ2n) is 3.86. The Kier molecular flexibility index (Phi) is 2.81. The molecule has 0 radical (unpaired) electrons. The van der Waals surface area contributed by atoms with Crippen LogP contribution < -0.4 is 5.32 Å². The summed E-state index contributed by atoms with van der Waals surface area (Å²) in [6.45, 7) is 0.561. The van der Waals surface area contributed by atoms with E-state index >= 15 is 0 Å². The Balaban J connectivity index is 1.67. The molecule has 1 aromatic heterocycles. The van der Waals surface area contributed by atoms with Crippen LogP contribution in [0.25, 0.3) is 0 Å². The third kappa shape index (κ3) is 2.34. The average Bonchev–Trinajstić information content (AvgIpc) is 2.60. The van der Waals surface area contributed by atoms with Gasteiger partial charge in [-0.1, -0.05) is 6.42 Å². The molecule has 2 rings (SSSR count).